The normalized spacial score (nSPS) is 18.8. The van der Waals surface area contributed by atoms with E-state index in [2.05, 4.69) is 16.9 Å². The van der Waals surface area contributed by atoms with Crippen LogP contribution < -0.4 is 5.32 Å². The number of pyridine rings is 1. The first-order valence-electron chi connectivity index (χ1n) is 10.3. The van der Waals surface area contributed by atoms with Gasteiger partial charge in [-0.3, -0.25) is 14.6 Å². The quantitative estimate of drug-likeness (QED) is 0.717. The van der Waals surface area contributed by atoms with E-state index in [1.54, 1.807) is 23.4 Å². The van der Waals surface area contributed by atoms with Crippen molar-refractivity contribution in [3.63, 3.8) is 0 Å². The molecule has 2 aromatic rings. The van der Waals surface area contributed by atoms with Crippen molar-refractivity contribution >= 4 is 11.8 Å². The molecule has 30 heavy (non-hydrogen) atoms. The summed E-state index contributed by atoms with van der Waals surface area (Å²) in [7, 11) is 0. The van der Waals surface area contributed by atoms with Gasteiger partial charge in [0.05, 0.1) is 13.2 Å². The van der Waals surface area contributed by atoms with Crippen LogP contribution in [-0.2, 0) is 20.7 Å². The third-order valence-corrected chi connectivity index (χ3v) is 5.28. The highest BCUT2D eigenvalue weighted by Gasteiger charge is 2.45. The molecule has 1 aromatic carbocycles. The largest absolute Gasteiger partial charge is 0.361 e. The fourth-order valence-electron chi connectivity index (χ4n) is 3.77. The van der Waals surface area contributed by atoms with Gasteiger partial charge < -0.3 is 15.0 Å². The number of carbonyl (C=O) groups is 2. The number of hydrogen-bond acceptors (Lipinski definition) is 4. The number of nitrogens with zero attached hydrogens (tertiary/aromatic N) is 2. The molecule has 1 atom stereocenters. The Hall–Kier alpha value is -2.99. The fraction of sp³-hybridized carbons (Fsp3) is 0.375. The van der Waals surface area contributed by atoms with Crippen molar-refractivity contribution in [1.29, 1.82) is 0 Å². The number of benzene rings is 1. The van der Waals surface area contributed by atoms with E-state index in [4.69, 9.17) is 4.74 Å². The monoisotopic (exact) mass is 407 g/mol. The second-order valence-electron chi connectivity index (χ2n) is 7.83. The lowest BCUT2D eigenvalue weighted by Gasteiger charge is -2.42. The highest BCUT2D eigenvalue weighted by molar-refractivity contribution is 5.88. The number of morpholine rings is 1. The maximum Gasteiger partial charge on any atom is 0.254 e. The highest BCUT2D eigenvalue weighted by atomic mass is 16.5. The van der Waals surface area contributed by atoms with E-state index < -0.39 is 5.60 Å². The second kappa shape index (κ2) is 9.67. The van der Waals surface area contributed by atoms with Gasteiger partial charge in [-0.25, -0.2) is 0 Å². The number of ether oxygens (including phenoxy) is 1. The Kier molecular flexibility index (Phi) is 7.00. The molecule has 6 heteroatoms. The van der Waals surface area contributed by atoms with Crippen molar-refractivity contribution in [2.45, 2.75) is 25.9 Å². The Labute approximate surface area is 178 Å². The van der Waals surface area contributed by atoms with Gasteiger partial charge in [0.15, 0.2) is 5.60 Å². The fourth-order valence-corrected chi connectivity index (χ4v) is 3.77. The summed E-state index contributed by atoms with van der Waals surface area (Å²) < 4.78 is 6.12. The molecule has 1 aliphatic rings. The summed E-state index contributed by atoms with van der Waals surface area (Å²) in [5, 5.41) is 2.88. The Morgan fingerprint density at radius 1 is 1.30 bits per heavy atom. The van der Waals surface area contributed by atoms with Crippen molar-refractivity contribution in [3.05, 3.63) is 67.0 Å². The highest BCUT2D eigenvalue weighted by Crippen LogP contribution is 2.30. The van der Waals surface area contributed by atoms with Crippen LogP contribution in [0.4, 0.5) is 0 Å². The molecule has 1 aliphatic heterocycles. The number of amides is 2. The zero-order valence-corrected chi connectivity index (χ0v) is 17.6. The predicted molar refractivity (Wildman–Crippen MR) is 117 cm³/mol. The molecule has 1 aromatic heterocycles. The Morgan fingerprint density at radius 2 is 2.10 bits per heavy atom. The minimum Gasteiger partial charge on any atom is -0.361 e. The minimum atomic E-state index is -1.16. The molecule has 1 unspecified atom stereocenters. The summed E-state index contributed by atoms with van der Waals surface area (Å²) in [6.45, 7) is 8.77. The number of rotatable bonds is 7. The SMILES string of the molecule is C=CCNC(=O)C1(Cc2ccccc2-c2cccnc2)CN(C(=O)C(C)C)CCO1. The Morgan fingerprint density at radius 3 is 2.80 bits per heavy atom. The van der Waals surface area contributed by atoms with Crippen LogP contribution in [0.25, 0.3) is 11.1 Å². The van der Waals surface area contributed by atoms with Gasteiger partial charge in [-0.2, -0.15) is 0 Å². The average Bonchev–Trinajstić information content (AvgIpc) is 2.78. The zero-order chi connectivity index (χ0) is 21.6. The van der Waals surface area contributed by atoms with Crippen LogP contribution >= 0.6 is 0 Å². The van der Waals surface area contributed by atoms with Crippen molar-refractivity contribution in [3.8, 4) is 11.1 Å². The summed E-state index contributed by atoms with van der Waals surface area (Å²) in [5.41, 5.74) is 1.78. The maximum atomic E-state index is 13.2. The van der Waals surface area contributed by atoms with Crippen molar-refractivity contribution in [1.82, 2.24) is 15.2 Å². The summed E-state index contributed by atoms with van der Waals surface area (Å²) in [4.78, 5) is 31.9. The summed E-state index contributed by atoms with van der Waals surface area (Å²) in [6.07, 6.45) is 5.52. The molecular weight excluding hydrogens is 378 g/mol. The van der Waals surface area contributed by atoms with E-state index in [1.165, 1.54) is 0 Å². The third-order valence-electron chi connectivity index (χ3n) is 5.28. The van der Waals surface area contributed by atoms with Crippen LogP contribution in [0.3, 0.4) is 0 Å². The molecule has 2 amide bonds. The summed E-state index contributed by atoms with van der Waals surface area (Å²) in [5.74, 6) is -0.343. The van der Waals surface area contributed by atoms with Gasteiger partial charge in [0.1, 0.15) is 0 Å². The van der Waals surface area contributed by atoms with Gasteiger partial charge in [0.2, 0.25) is 5.91 Å². The molecule has 2 heterocycles. The Balaban J connectivity index is 1.97. The molecule has 0 saturated carbocycles. The van der Waals surface area contributed by atoms with E-state index in [9.17, 15) is 9.59 Å². The van der Waals surface area contributed by atoms with Crippen molar-refractivity contribution in [2.24, 2.45) is 5.92 Å². The van der Waals surface area contributed by atoms with Gasteiger partial charge in [-0.1, -0.05) is 50.3 Å². The van der Waals surface area contributed by atoms with E-state index in [1.807, 2.05) is 50.2 Å². The van der Waals surface area contributed by atoms with Gasteiger partial charge >= 0.3 is 0 Å². The van der Waals surface area contributed by atoms with Crippen LogP contribution in [0.1, 0.15) is 19.4 Å². The van der Waals surface area contributed by atoms with Crippen LogP contribution in [-0.4, -0.2) is 53.5 Å². The average molecular weight is 408 g/mol. The van der Waals surface area contributed by atoms with Crippen LogP contribution in [0.5, 0.6) is 0 Å². The zero-order valence-electron chi connectivity index (χ0n) is 17.6. The second-order valence-corrected chi connectivity index (χ2v) is 7.83. The molecule has 6 nitrogen and oxygen atoms in total. The number of aromatic nitrogens is 1. The predicted octanol–water partition coefficient (Wildman–Crippen LogP) is 2.85. The van der Waals surface area contributed by atoms with Gasteiger partial charge in [-0.15, -0.1) is 6.58 Å². The number of hydrogen-bond donors (Lipinski definition) is 1. The first kappa shape index (κ1) is 21.7. The van der Waals surface area contributed by atoms with E-state index in [-0.39, 0.29) is 24.3 Å². The minimum absolute atomic E-state index is 0.0275. The van der Waals surface area contributed by atoms with Crippen LogP contribution in [0.15, 0.2) is 61.4 Å². The molecule has 0 bridgehead atoms. The summed E-state index contributed by atoms with van der Waals surface area (Å²) >= 11 is 0. The molecular formula is C24H29N3O3. The molecule has 1 saturated heterocycles. The van der Waals surface area contributed by atoms with Gasteiger partial charge in [-0.05, 0) is 17.2 Å². The van der Waals surface area contributed by atoms with Crippen molar-refractivity contribution < 1.29 is 14.3 Å². The molecule has 158 valence electrons. The maximum absolute atomic E-state index is 13.2. The lowest BCUT2D eigenvalue weighted by atomic mass is 9.87. The first-order valence-corrected chi connectivity index (χ1v) is 10.3. The smallest absolute Gasteiger partial charge is 0.254 e. The van der Waals surface area contributed by atoms with E-state index >= 15 is 0 Å². The van der Waals surface area contributed by atoms with Crippen LogP contribution in [0.2, 0.25) is 0 Å². The molecule has 3 rings (SSSR count). The van der Waals surface area contributed by atoms with Gasteiger partial charge in [0, 0.05) is 43.4 Å². The molecule has 1 fully saturated rings. The van der Waals surface area contributed by atoms with Crippen LogP contribution in [0, 0.1) is 5.92 Å². The third kappa shape index (κ3) is 4.76. The number of carbonyl (C=O) groups excluding carboxylic acids is 2. The lowest BCUT2D eigenvalue weighted by Crippen LogP contribution is -2.62. The van der Waals surface area contributed by atoms with E-state index in [0.29, 0.717) is 26.1 Å². The molecule has 0 radical (unpaired) electrons. The van der Waals surface area contributed by atoms with Gasteiger partial charge in [0.25, 0.3) is 5.91 Å². The number of nitrogens with one attached hydrogen (secondary N) is 1. The Bertz CT molecular complexity index is 898. The molecule has 0 aliphatic carbocycles. The topological polar surface area (TPSA) is 71.5 Å². The van der Waals surface area contributed by atoms with E-state index in [0.717, 1.165) is 16.7 Å². The first-order chi connectivity index (χ1) is 14.5. The van der Waals surface area contributed by atoms with Crippen molar-refractivity contribution in [2.75, 3.05) is 26.2 Å². The molecule has 0 spiro atoms. The molecule has 1 N–H and O–H groups in total. The standard InChI is InChI=1S/C24H29N3O3/c1-4-11-26-23(29)24(17-27(13-14-30-24)22(28)18(2)3)15-19-8-5-6-10-21(19)20-9-7-12-25-16-20/h4-10,12,16,18H,1,11,13-15,17H2,2-3H3,(H,26,29). The lowest BCUT2D eigenvalue weighted by molar-refractivity contribution is -0.167. The summed E-state index contributed by atoms with van der Waals surface area (Å²) in [6, 6.07) is 11.8.